The van der Waals surface area contributed by atoms with Crippen molar-refractivity contribution in [2.45, 2.75) is 33.1 Å². The number of nitrogens with one attached hydrogen (secondary N) is 1. The predicted molar refractivity (Wildman–Crippen MR) is 117 cm³/mol. The zero-order chi connectivity index (χ0) is 20.4. The summed E-state index contributed by atoms with van der Waals surface area (Å²) in [5.74, 6) is 0.725. The summed E-state index contributed by atoms with van der Waals surface area (Å²) in [7, 11) is 1.91. The van der Waals surface area contributed by atoms with Crippen LogP contribution in [0.25, 0.3) is 21.9 Å². The molecule has 3 aromatic rings. The average molecular weight is 392 g/mol. The number of hydrogen-bond acceptors (Lipinski definition) is 4. The Morgan fingerprint density at radius 1 is 1.10 bits per heavy atom. The number of piperidine rings is 1. The molecule has 1 fully saturated rings. The zero-order valence-corrected chi connectivity index (χ0v) is 17.5. The van der Waals surface area contributed by atoms with Gasteiger partial charge in [0.25, 0.3) is 0 Å². The first-order valence-electron chi connectivity index (χ1n) is 10.5. The molecule has 1 N–H and O–H groups in total. The molecule has 1 aromatic carbocycles. The van der Waals surface area contributed by atoms with Crippen molar-refractivity contribution in [3.05, 3.63) is 42.9 Å². The summed E-state index contributed by atoms with van der Waals surface area (Å²) < 4.78 is 1.80. The van der Waals surface area contributed by atoms with E-state index in [1.165, 1.54) is 0 Å². The maximum atomic E-state index is 13.2. The summed E-state index contributed by atoms with van der Waals surface area (Å²) in [5.41, 5.74) is 1.88. The SMILES string of the molecule is CCN1CCC(CC)(C(=O)Nc2cc3cc(-c4cnn(C)c4)ccc3cn2)CC1. The maximum Gasteiger partial charge on any atom is 0.231 e. The topological polar surface area (TPSA) is 63.1 Å². The molecule has 0 radical (unpaired) electrons. The van der Waals surface area contributed by atoms with Crippen molar-refractivity contribution in [2.24, 2.45) is 12.5 Å². The summed E-state index contributed by atoms with van der Waals surface area (Å²) in [4.78, 5) is 20.1. The molecule has 1 amide bonds. The second kappa shape index (κ2) is 7.95. The van der Waals surface area contributed by atoms with Crippen LogP contribution in [-0.2, 0) is 11.8 Å². The molecule has 0 aliphatic carbocycles. The number of aromatic nitrogens is 3. The van der Waals surface area contributed by atoms with Gasteiger partial charge in [0.15, 0.2) is 0 Å². The molecule has 6 heteroatoms. The number of pyridine rings is 1. The van der Waals surface area contributed by atoms with Gasteiger partial charge in [-0.3, -0.25) is 9.48 Å². The van der Waals surface area contributed by atoms with Crippen LogP contribution in [0.3, 0.4) is 0 Å². The van der Waals surface area contributed by atoms with Crippen molar-refractivity contribution < 1.29 is 4.79 Å². The molecule has 1 aliphatic heterocycles. The van der Waals surface area contributed by atoms with Gasteiger partial charge in [0.1, 0.15) is 5.82 Å². The fourth-order valence-electron chi connectivity index (χ4n) is 4.25. The lowest BCUT2D eigenvalue weighted by atomic mass is 9.75. The maximum absolute atomic E-state index is 13.2. The van der Waals surface area contributed by atoms with E-state index in [-0.39, 0.29) is 11.3 Å². The number of carbonyl (C=O) groups excluding carboxylic acids is 1. The standard InChI is InChI=1S/C23H29N5O/c1-4-23(8-10-28(5-2)11-9-23)22(29)26-21-13-19-12-17(6-7-18(19)14-24-21)20-15-25-27(3)16-20/h6-7,12-16H,4-5,8-11H2,1-3H3,(H,24,26,29). The van der Waals surface area contributed by atoms with E-state index in [9.17, 15) is 4.79 Å². The third-order valence-electron chi connectivity index (χ3n) is 6.42. The van der Waals surface area contributed by atoms with Gasteiger partial charge in [-0.15, -0.1) is 0 Å². The molecule has 3 heterocycles. The molecular weight excluding hydrogens is 362 g/mol. The molecule has 1 saturated heterocycles. The van der Waals surface area contributed by atoms with Crippen molar-refractivity contribution in [3.63, 3.8) is 0 Å². The van der Waals surface area contributed by atoms with Crippen LogP contribution in [0, 0.1) is 5.41 Å². The molecule has 0 unspecified atom stereocenters. The molecule has 29 heavy (non-hydrogen) atoms. The number of fused-ring (bicyclic) bond motifs is 1. The normalized spacial score (nSPS) is 16.8. The Bertz CT molecular complexity index is 1020. The first-order chi connectivity index (χ1) is 14.0. The van der Waals surface area contributed by atoms with E-state index in [1.54, 1.807) is 4.68 Å². The van der Waals surface area contributed by atoms with Crippen LogP contribution in [0.5, 0.6) is 0 Å². The highest BCUT2D eigenvalue weighted by Crippen LogP contribution is 2.36. The van der Waals surface area contributed by atoms with Crippen LogP contribution in [0.2, 0.25) is 0 Å². The number of carbonyl (C=O) groups is 1. The Balaban J connectivity index is 1.56. The molecule has 152 valence electrons. The first-order valence-corrected chi connectivity index (χ1v) is 10.5. The van der Waals surface area contributed by atoms with E-state index in [0.29, 0.717) is 5.82 Å². The van der Waals surface area contributed by atoms with Crippen LogP contribution in [0.4, 0.5) is 5.82 Å². The van der Waals surface area contributed by atoms with Crippen LogP contribution >= 0.6 is 0 Å². The van der Waals surface area contributed by atoms with E-state index < -0.39 is 0 Å². The summed E-state index contributed by atoms with van der Waals surface area (Å²) in [5, 5.41) is 9.47. The van der Waals surface area contributed by atoms with Gasteiger partial charge in [-0.2, -0.15) is 5.10 Å². The highest BCUT2D eigenvalue weighted by Gasteiger charge is 2.39. The van der Waals surface area contributed by atoms with Crippen molar-refractivity contribution in [3.8, 4) is 11.1 Å². The van der Waals surface area contributed by atoms with Crippen molar-refractivity contribution >= 4 is 22.5 Å². The number of aryl methyl sites for hydroxylation is 1. The molecule has 0 saturated carbocycles. The van der Waals surface area contributed by atoms with E-state index >= 15 is 0 Å². The molecule has 0 bridgehead atoms. The van der Waals surface area contributed by atoms with Crippen molar-refractivity contribution in [1.29, 1.82) is 0 Å². The third kappa shape index (κ3) is 3.90. The van der Waals surface area contributed by atoms with Crippen LogP contribution in [-0.4, -0.2) is 45.2 Å². The monoisotopic (exact) mass is 391 g/mol. The highest BCUT2D eigenvalue weighted by atomic mass is 16.2. The molecular formula is C23H29N5O. The Hall–Kier alpha value is -2.73. The average Bonchev–Trinajstić information content (AvgIpc) is 3.19. The Morgan fingerprint density at radius 2 is 1.90 bits per heavy atom. The smallest absolute Gasteiger partial charge is 0.231 e. The molecule has 2 aromatic heterocycles. The molecule has 0 atom stereocenters. The van der Waals surface area contributed by atoms with Gasteiger partial charge in [0, 0.05) is 30.4 Å². The lowest BCUT2D eigenvalue weighted by molar-refractivity contribution is -0.128. The fraction of sp³-hybridized carbons (Fsp3) is 0.435. The number of benzene rings is 1. The third-order valence-corrected chi connectivity index (χ3v) is 6.42. The second-order valence-corrected chi connectivity index (χ2v) is 8.06. The summed E-state index contributed by atoms with van der Waals surface area (Å²) >= 11 is 0. The quantitative estimate of drug-likeness (QED) is 0.712. The van der Waals surface area contributed by atoms with Gasteiger partial charge in [0.2, 0.25) is 5.91 Å². The number of amides is 1. The predicted octanol–water partition coefficient (Wildman–Crippen LogP) is 4.09. The minimum atomic E-state index is -0.292. The number of rotatable bonds is 5. The second-order valence-electron chi connectivity index (χ2n) is 8.06. The van der Waals surface area contributed by atoms with Gasteiger partial charge in [-0.05, 0) is 62.0 Å². The Kier molecular flexibility index (Phi) is 5.37. The van der Waals surface area contributed by atoms with Crippen LogP contribution in [0.1, 0.15) is 33.1 Å². The van der Waals surface area contributed by atoms with Gasteiger partial charge in [-0.1, -0.05) is 26.0 Å². The summed E-state index contributed by atoms with van der Waals surface area (Å²) in [6.45, 7) is 7.31. The lowest BCUT2D eigenvalue weighted by Crippen LogP contribution is -2.46. The van der Waals surface area contributed by atoms with Gasteiger partial charge in [-0.25, -0.2) is 4.98 Å². The number of anilines is 1. The lowest BCUT2D eigenvalue weighted by Gasteiger charge is -2.39. The first kappa shape index (κ1) is 19.6. The number of likely N-dealkylation sites (tertiary alicyclic amines) is 1. The molecule has 0 spiro atoms. The highest BCUT2D eigenvalue weighted by molar-refractivity contribution is 5.97. The number of hydrogen-bond donors (Lipinski definition) is 1. The van der Waals surface area contributed by atoms with Crippen LogP contribution in [0.15, 0.2) is 42.9 Å². The largest absolute Gasteiger partial charge is 0.310 e. The van der Waals surface area contributed by atoms with Gasteiger partial charge in [0.05, 0.1) is 11.6 Å². The fourth-order valence-corrected chi connectivity index (χ4v) is 4.25. The van der Waals surface area contributed by atoms with Gasteiger partial charge >= 0.3 is 0 Å². The van der Waals surface area contributed by atoms with E-state index in [2.05, 4.69) is 52.3 Å². The summed E-state index contributed by atoms with van der Waals surface area (Å²) in [6.07, 6.45) is 8.35. The minimum Gasteiger partial charge on any atom is -0.310 e. The van der Waals surface area contributed by atoms with E-state index in [4.69, 9.17) is 0 Å². The van der Waals surface area contributed by atoms with E-state index in [0.717, 1.165) is 60.8 Å². The molecule has 6 nitrogen and oxygen atoms in total. The molecule has 1 aliphatic rings. The molecule has 4 rings (SSSR count). The minimum absolute atomic E-state index is 0.103. The van der Waals surface area contributed by atoms with Crippen LogP contribution < -0.4 is 5.32 Å². The Morgan fingerprint density at radius 3 is 2.55 bits per heavy atom. The van der Waals surface area contributed by atoms with E-state index in [1.807, 2.05) is 31.7 Å². The zero-order valence-electron chi connectivity index (χ0n) is 17.5. The number of nitrogens with zero attached hydrogens (tertiary/aromatic N) is 4. The Labute approximate surface area is 171 Å². The van der Waals surface area contributed by atoms with Gasteiger partial charge < -0.3 is 10.2 Å². The van der Waals surface area contributed by atoms with Crippen molar-refractivity contribution in [1.82, 2.24) is 19.7 Å². The van der Waals surface area contributed by atoms with Crippen molar-refractivity contribution in [2.75, 3.05) is 25.0 Å². The summed E-state index contributed by atoms with van der Waals surface area (Å²) in [6, 6.07) is 8.23.